The van der Waals surface area contributed by atoms with Gasteiger partial charge in [-0.05, 0) is 31.3 Å². The van der Waals surface area contributed by atoms with Gasteiger partial charge in [0.1, 0.15) is 0 Å². The summed E-state index contributed by atoms with van der Waals surface area (Å²) in [7, 11) is 5.02. The summed E-state index contributed by atoms with van der Waals surface area (Å²) in [6.45, 7) is 0.959. The lowest BCUT2D eigenvalue weighted by Gasteiger charge is -2.16. The summed E-state index contributed by atoms with van der Waals surface area (Å²) in [5, 5.41) is 2.85. The summed E-state index contributed by atoms with van der Waals surface area (Å²) in [5.41, 5.74) is 0.667. The highest BCUT2D eigenvalue weighted by molar-refractivity contribution is 7.16. The first-order valence-electron chi connectivity index (χ1n) is 6.96. The van der Waals surface area contributed by atoms with Crippen molar-refractivity contribution in [1.29, 1.82) is 0 Å². The molecular formula is C16H19ClN2O3S. The highest BCUT2D eigenvalue weighted by Crippen LogP contribution is 2.29. The molecule has 1 N–H and O–H groups in total. The van der Waals surface area contributed by atoms with E-state index in [0.717, 1.165) is 9.21 Å². The van der Waals surface area contributed by atoms with Crippen LogP contribution in [0.15, 0.2) is 30.3 Å². The molecule has 1 aromatic heterocycles. The van der Waals surface area contributed by atoms with Crippen molar-refractivity contribution in [2.24, 2.45) is 0 Å². The quantitative estimate of drug-likeness (QED) is 0.827. The van der Waals surface area contributed by atoms with E-state index in [1.165, 1.54) is 11.3 Å². The molecule has 0 spiro atoms. The van der Waals surface area contributed by atoms with E-state index in [1.54, 1.807) is 32.4 Å². The van der Waals surface area contributed by atoms with Gasteiger partial charge in [-0.25, -0.2) is 0 Å². The number of likely N-dealkylation sites (N-methyl/N-ethyl adjacent to an activating group) is 1. The summed E-state index contributed by atoms with van der Waals surface area (Å²) in [5.74, 6) is 1.10. The number of hydrogen-bond acceptors (Lipinski definition) is 5. The highest BCUT2D eigenvalue weighted by Gasteiger charge is 2.10. The molecule has 124 valence electrons. The Morgan fingerprint density at radius 1 is 1.22 bits per heavy atom. The lowest BCUT2D eigenvalue weighted by molar-refractivity contribution is -0.117. The van der Waals surface area contributed by atoms with Crippen molar-refractivity contribution >= 4 is 34.5 Å². The molecule has 2 aromatic rings. The van der Waals surface area contributed by atoms with E-state index in [4.69, 9.17) is 21.1 Å². The van der Waals surface area contributed by atoms with Crippen LogP contribution in [0.1, 0.15) is 4.88 Å². The Kier molecular flexibility index (Phi) is 6.27. The predicted octanol–water partition coefficient (Wildman–Crippen LogP) is 3.49. The van der Waals surface area contributed by atoms with Crippen molar-refractivity contribution in [3.63, 3.8) is 0 Å². The average molecular weight is 355 g/mol. The molecule has 7 heteroatoms. The molecule has 1 heterocycles. The fraction of sp³-hybridized carbons (Fsp3) is 0.312. The fourth-order valence-electron chi connectivity index (χ4n) is 2.12. The molecule has 0 aliphatic carbocycles. The lowest BCUT2D eigenvalue weighted by atomic mass is 10.2. The lowest BCUT2D eigenvalue weighted by Crippen LogP contribution is -2.29. The number of methoxy groups -OCH3 is 2. The zero-order valence-electron chi connectivity index (χ0n) is 13.3. The molecule has 0 aliphatic rings. The smallest absolute Gasteiger partial charge is 0.238 e. The number of nitrogens with zero attached hydrogens (tertiary/aromatic N) is 1. The number of halogens is 1. The zero-order valence-corrected chi connectivity index (χ0v) is 14.8. The first-order valence-corrected chi connectivity index (χ1v) is 8.16. The Morgan fingerprint density at radius 2 is 1.96 bits per heavy atom. The van der Waals surface area contributed by atoms with Crippen LogP contribution in [0.4, 0.5) is 5.69 Å². The number of benzene rings is 1. The zero-order chi connectivity index (χ0) is 16.8. The number of anilines is 1. The van der Waals surface area contributed by atoms with Gasteiger partial charge in [-0.15, -0.1) is 11.3 Å². The number of hydrogen-bond donors (Lipinski definition) is 1. The second-order valence-electron chi connectivity index (χ2n) is 5.00. The molecule has 2 rings (SSSR count). The number of ether oxygens (including phenoxy) is 2. The normalized spacial score (nSPS) is 10.7. The van der Waals surface area contributed by atoms with E-state index in [0.29, 0.717) is 23.7 Å². The summed E-state index contributed by atoms with van der Waals surface area (Å²) in [4.78, 5) is 15.2. The number of rotatable bonds is 7. The molecule has 0 bridgehead atoms. The third-order valence-corrected chi connectivity index (χ3v) is 4.35. The Balaban J connectivity index is 1.91. The minimum atomic E-state index is -0.0950. The van der Waals surface area contributed by atoms with Crippen LogP contribution in [0.5, 0.6) is 11.5 Å². The Labute approximate surface area is 144 Å². The third-order valence-electron chi connectivity index (χ3n) is 3.14. The summed E-state index contributed by atoms with van der Waals surface area (Å²) >= 11 is 7.43. The molecule has 0 saturated heterocycles. The summed E-state index contributed by atoms with van der Waals surface area (Å²) in [6.07, 6.45) is 0. The maximum absolute atomic E-state index is 12.1. The van der Waals surface area contributed by atoms with Gasteiger partial charge in [-0.3, -0.25) is 9.69 Å². The summed E-state index contributed by atoms with van der Waals surface area (Å²) in [6, 6.07) is 9.09. The van der Waals surface area contributed by atoms with Gasteiger partial charge in [-0.1, -0.05) is 11.6 Å². The molecule has 0 unspecified atom stereocenters. The number of carbonyl (C=O) groups excluding carboxylic acids is 1. The molecule has 0 atom stereocenters. The van der Waals surface area contributed by atoms with Crippen molar-refractivity contribution < 1.29 is 14.3 Å². The first-order chi connectivity index (χ1) is 11.0. The van der Waals surface area contributed by atoms with Crippen molar-refractivity contribution in [1.82, 2.24) is 4.90 Å². The number of carbonyl (C=O) groups is 1. The molecule has 23 heavy (non-hydrogen) atoms. The second kappa shape index (κ2) is 8.19. The van der Waals surface area contributed by atoms with E-state index < -0.39 is 0 Å². The largest absolute Gasteiger partial charge is 0.493 e. The van der Waals surface area contributed by atoms with Crippen LogP contribution in [-0.2, 0) is 11.3 Å². The van der Waals surface area contributed by atoms with Crippen molar-refractivity contribution in [3.8, 4) is 11.5 Å². The van der Waals surface area contributed by atoms with Gasteiger partial charge in [-0.2, -0.15) is 0 Å². The molecule has 0 fully saturated rings. The van der Waals surface area contributed by atoms with Crippen molar-refractivity contribution in [3.05, 3.63) is 39.5 Å². The Morgan fingerprint density at radius 3 is 2.57 bits per heavy atom. The summed E-state index contributed by atoms with van der Waals surface area (Å²) < 4.78 is 11.1. The van der Waals surface area contributed by atoms with Gasteiger partial charge in [0.2, 0.25) is 5.91 Å². The average Bonchev–Trinajstić information content (AvgIpc) is 2.91. The number of thiophene rings is 1. The topological polar surface area (TPSA) is 50.8 Å². The van der Waals surface area contributed by atoms with Crippen LogP contribution in [0.25, 0.3) is 0 Å². The van der Waals surface area contributed by atoms with E-state index in [1.807, 2.05) is 24.1 Å². The van der Waals surface area contributed by atoms with Crippen LogP contribution in [0.2, 0.25) is 4.34 Å². The molecule has 5 nitrogen and oxygen atoms in total. The van der Waals surface area contributed by atoms with Gasteiger partial charge < -0.3 is 14.8 Å². The molecule has 0 aliphatic heterocycles. The monoisotopic (exact) mass is 354 g/mol. The van der Waals surface area contributed by atoms with Crippen molar-refractivity contribution in [2.75, 3.05) is 33.1 Å². The maximum Gasteiger partial charge on any atom is 0.238 e. The first kappa shape index (κ1) is 17.6. The van der Waals surface area contributed by atoms with E-state index >= 15 is 0 Å². The highest BCUT2D eigenvalue weighted by atomic mass is 35.5. The van der Waals surface area contributed by atoms with Crippen LogP contribution >= 0.6 is 22.9 Å². The van der Waals surface area contributed by atoms with Crippen LogP contribution < -0.4 is 14.8 Å². The molecule has 1 amide bonds. The minimum Gasteiger partial charge on any atom is -0.493 e. The van der Waals surface area contributed by atoms with E-state index in [2.05, 4.69) is 5.32 Å². The van der Waals surface area contributed by atoms with E-state index in [9.17, 15) is 4.79 Å². The fourth-order valence-corrected chi connectivity index (χ4v) is 3.29. The van der Waals surface area contributed by atoms with Gasteiger partial charge in [0.05, 0.1) is 25.1 Å². The molecule has 0 saturated carbocycles. The predicted molar refractivity (Wildman–Crippen MR) is 93.8 cm³/mol. The number of nitrogens with one attached hydrogen (secondary N) is 1. The van der Waals surface area contributed by atoms with Gasteiger partial charge >= 0.3 is 0 Å². The standard InChI is InChI=1S/C16H19ClN2O3S/c1-19(9-12-5-7-15(17)23-12)10-16(20)18-11-4-6-13(21-2)14(8-11)22-3/h4-8H,9-10H2,1-3H3,(H,18,20). The van der Waals surface area contributed by atoms with E-state index in [-0.39, 0.29) is 12.5 Å². The molecular weight excluding hydrogens is 336 g/mol. The Hall–Kier alpha value is -1.76. The van der Waals surface area contributed by atoms with Crippen LogP contribution in [-0.4, -0.2) is 38.6 Å². The molecule has 0 radical (unpaired) electrons. The minimum absolute atomic E-state index is 0.0950. The Bertz CT molecular complexity index is 675. The van der Waals surface area contributed by atoms with Gasteiger partial charge in [0.25, 0.3) is 0 Å². The maximum atomic E-state index is 12.1. The molecule has 1 aromatic carbocycles. The van der Waals surface area contributed by atoms with Gasteiger partial charge in [0, 0.05) is 23.2 Å². The van der Waals surface area contributed by atoms with Crippen LogP contribution in [0.3, 0.4) is 0 Å². The second-order valence-corrected chi connectivity index (χ2v) is 6.80. The van der Waals surface area contributed by atoms with Crippen molar-refractivity contribution in [2.45, 2.75) is 6.54 Å². The SMILES string of the molecule is COc1ccc(NC(=O)CN(C)Cc2ccc(Cl)s2)cc1OC. The van der Waals surface area contributed by atoms with Crippen LogP contribution in [0, 0.1) is 0 Å². The van der Waals surface area contributed by atoms with Gasteiger partial charge in [0.15, 0.2) is 11.5 Å². The third kappa shape index (κ3) is 5.13. The number of amides is 1.